The van der Waals surface area contributed by atoms with Crippen LogP contribution < -0.4 is 11.1 Å². The zero-order valence-corrected chi connectivity index (χ0v) is 8.51. The molecule has 1 saturated carbocycles. The topological polar surface area (TPSA) is 38.0 Å². The van der Waals surface area contributed by atoms with Crippen LogP contribution in [-0.4, -0.2) is 19.6 Å². The van der Waals surface area contributed by atoms with Gasteiger partial charge in [-0.05, 0) is 44.2 Å². The Morgan fingerprint density at radius 1 is 1.25 bits per heavy atom. The summed E-state index contributed by atoms with van der Waals surface area (Å²) in [5.74, 6) is 2.36. The lowest BCUT2D eigenvalue weighted by molar-refractivity contribution is 0.179. The number of hydrogen-bond acceptors (Lipinski definition) is 2. The van der Waals surface area contributed by atoms with Crippen LogP contribution in [0.15, 0.2) is 0 Å². The molecule has 0 aliphatic heterocycles. The van der Waals surface area contributed by atoms with Crippen molar-refractivity contribution in [2.75, 3.05) is 13.6 Å². The summed E-state index contributed by atoms with van der Waals surface area (Å²) >= 11 is 0. The molecule has 0 radical (unpaired) electrons. The van der Waals surface area contributed by atoms with E-state index in [9.17, 15) is 0 Å². The molecule has 1 aliphatic carbocycles. The van der Waals surface area contributed by atoms with Gasteiger partial charge in [-0.15, -0.1) is 0 Å². The molecule has 4 atom stereocenters. The first-order valence-corrected chi connectivity index (χ1v) is 5.05. The second-order valence-electron chi connectivity index (χ2n) is 4.41. The smallest absolute Gasteiger partial charge is 0.00820 e. The van der Waals surface area contributed by atoms with E-state index in [4.69, 9.17) is 5.73 Å². The molecule has 0 bridgehead atoms. The highest BCUT2D eigenvalue weighted by atomic mass is 14.8. The highest BCUT2D eigenvalue weighted by molar-refractivity contribution is 4.85. The lowest BCUT2D eigenvalue weighted by Crippen LogP contribution is -2.43. The zero-order valence-electron chi connectivity index (χ0n) is 8.51. The SMILES string of the molecule is CNCC1CC(C)C(C)CC1N. The number of nitrogens with two attached hydrogens (primary N) is 1. The lowest BCUT2D eigenvalue weighted by Gasteiger charge is -2.36. The molecule has 1 fully saturated rings. The van der Waals surface area contributed by atoms with E-state index in [0.29, 0.717) is 12.0 Å². The van der Waals surface area contributed by atoms with Crippen LogP contribution in [0.1, 0.15) is 26.7 Å². The van der Waals surface area contributed by atoms with Crippen LogP contribution in [0.4, 0.5) is 0 Å². The van der Waals surface area contributed by atoms with Crippen LogP contribution in [0.5, 0.6) is 0 Å². The van der Waals surface area contributed by atoms with Gasteiger partial charge in [0, 0.05) is 6.04 Å². The van der Waals surface area contributed by atoms with Gasteiger partial charge in [0.05, 0.1) is 0 Å². The molecule has 0 aromatic heterocycles. The van der Waals surface area contributed by atoms with E-state index in [1.54, 1.807) is 0 Å². The molecule has 0 amide bonds. The largest absolute Gasteiger partial charge is 0.327 e. The second-order valence-corrected chi connectivity index (χ2v) is 4.41. The maximum Gasteiger partial charge on any atom is 0.00820 e. The molecule has 4 unspecified atom stereocenters. The third kappa shape index (κ3) is 2.20. The first kappa shape index (κ1) is 10.0. The molecular formula is C10H22N2. The van der Waals surface area contributed by atoms with Crippen LogP contribution in [0.3, 0.4) is 0 Å². The summed E-state index contributed by atoms with van der Waals surface area (Å²) in [6.45, 7) is 5.75. The summed E-state index contributed by atoms with van der Waals surface area (Å²) < 4.78 is 0. The molecule has 0 aromatic rings. The maximum absolute atomic E-state index is 6.08. The van der Waals surface area contributed by atoms with E-state index >= 15 is 0 Å². The van der Waals surface area contributed by atoms with Crippen molar-refractivity contribution in [3.63, 3.8) is 0 Å². The molecule has 3 N–H and O–H groups in total. The fraction of sp³-hybridized carbons (Fsp3) is 1.00. The van der Waals surface area contributed by atoms with Crippen molar-refractivity contribution in [1.29, 1.82) is 0 Å². The van der Waals surface area contributed by atoms with Crippen molar-refractivity contribution in [3.05, 3.63) is 0 Å². The molecule has 72 valence electrons. The number of nitrogens with one attached hydrogen (secondary N) is 1. The fourth-order valence-corrected chi connectivity index (χ4v) is 2.24. The summed E-state index contributed by atoms with van der Waals surface area (Å²) in [4.78, 5) is 0. The van der Waals surface area contributed by atoms with E-state index in [1.165, 1.54) is 12.8 Å². The van der Waals surface area contributed by atoms with Gasteiger partial charge in [0.1, 0.15) is 0 Å². The van der Waals surface area contributed by atoms with Gasteiger partial charge in [0.2, 0.25) is 0 Å². The first-order chi connectivity index (χ1) is 5.65. The Bertz CT molecular complexity index is 136. The molecule has 0 saturated heterocycles. The third-order valence-electron chi connectivity index (χ3n) is 3.36. The highest BCUT2D eigenvalue weighted by Gasteiger charge is 2.29. The van der Waals surface area contributed by atoms with Gasteiger partial charge in [0.15, 0.2) is 0 Å². The van der Waals surface area contributed by atoms with Gasteiger partial charge in [0.25, 0.3) is 0 Å². The minimum Gasteiger partial charge on any atom is -0.327 e. The Balaban J connectivity index is 2.43. The van der Waals surface area contributed by atoms with E-state index in [2.05, 4.69) is 19.2 Å². The summed E-state index contributed by atoms with van der Waals surface area (Å²) in [6, 6.07) is 0.420. The molecule has 0 heterocycles. The van der Waals surface area contributed by atoms with E-state index in [0.717, 1.165) is 18.4 Å². The molecular weight excluding hydrogens is 148 g/mol. The average molecular weight is 170 g/mol. The van der Waals surface area contributed by atoms with Gasteiger partial charge >= 0.3 is 0 Å². The Kier molecular flexibility index (Phi) is 3.53. The van der Waals surface area contributed by atoms with Crippen LogP contribution in [-0.2, 0) is 0 Å². The van der Waals surface area contributed by atoms with Gasteiger partial charge < -0.3 is 11.1 Å². The normalized spacial score (nSPS) is 43.0. The summed E-state index contributed by atoms with van der Waals surface area (Å²) in [5.41, 5.74) is 6.08. The molecule has 2 nitrogen and oxygen atoms in total. The van der Waals surface area contributed by atoms with E-state index in [-0.39, 0.29) is 0 Å². The van der Waals surface area contributed by atoms with Crippen molar-refractivity contribution in [3.8, 4) is 0 Å². The summed E-state index contributed by atoms with van der Waals surface area (Å²) in [5, 5.41) is 3.22. The monoisotopic (exact) mass is 170 g/mol. The van der Waals surface area contributed by atoms with Crippen molar-refractivity contribution in [2.24, 2.45) is 23.5 Å². The van der Waals surface area contributed by atoms with Crippen molar-refractivity contribution in [2.45, 2.75) is 32.7 Å². The molecule has 0 aromatic carbocycles. The maximum atomic E-state index is 6.08. The summed E-state index contributed by atoms with van der Waals surface area (Å²) in [7, 11) is 2.01. The second kappa shape index (κ2) is 4.24. The molecule has 12 heavy (non-hydrogen) atoms. The van der Waals surface area contributed by atoms with Gasteiger partial charge in [-0.1, -0.05) is 13.8 Å². The minimum absolute atomic E-state index is 0.420. The Morgan fingerprint density at radius 2 is 1.83 bits per heavy atom. The number of hydrogen-bond donors (Lipinski definition) is 2. The molecule has 0 spiro atoms. The van der Waals surface area contributed by atoms with Crippen molar-refractivity contribution >= 4 is 0 Å². The van der Waals surface area contributed by atoms with Crippen molar-refractivity contribution in [1.82, 2.24) is 5.32 Å². The van der Waals surface area contributed by atoms with Gasteiger partial charge in [-0.25, -0.2) is 0 Å². The van der Waals surface area contributed by atoms with Crippen LogP contribution in [0.25, 0.3) is 0 Å². The van der Waals surface area contributed by atoms with Crippen LogP contribution >= 0.6 is 0 Å². The highest BCUT2D eigenvalue weighted by Crippen LogP contribution is 2.32. The lowest BCUT2D eigenvalue weighted by atomic mass is 9.73. The molecule has 2 heteroatoms. The van der Waals surface area contributed by atoms with Crippen LogP contribution in [0.2, 0.25) is 0 Å². The quantitative estimate of drug-likeness (QED) is 0.654. The Morgan fingerprint density at radius 3 is 2.42 bits per heavy atom. The van der Waals surface area contributed by atoms with Gasteiger partial charge in [-0.2, -0.15) is 0 Å². The molecule has 1 aliphatic rings. The average Bonchev–Trinajstić information content (AvgIpc) is 2.01. The van der Waals surface area contributed by atoms with Crippen LogP contribution in [0, 0.1) is 17.8 Å². The number of rotatable bonds is 2. The van der Waals surface area contributed by atoms with E-state index in [1.807, 2.05) is 7.05 Å². The van der Waals surface area contributed by atoms with E-state index < -0.39 is 0 Å². The Hall–Kier alpha value is -0.0800. The Labute approximate surface area is 75.9 Å². The predicted octanol–water partition coefficient (Wildman–Crippen LogP) is 1.22. The zero-order chi connectivity index (χ0) is 9.14. The standard InChI is InChI=1S/C10H22N2/c1-7-4-9(6-12-3)10(11)5-8(7)2/h7-10,12H,4-6,11H2,1-3H3. The fourth-order valence-electron chi connectivity index (χ4n) is 2.24. The first-order valence-electron chi connectivity index (χ1n) is 5.05. The molecule has 1 rings (SSSR count). The third-order valence-corrected chi connectivity index (χ3v) is 3.36. The van der Waals surface area contributed by atoms with Gasteiger partial charge in [-0.3, -0.25) is 0 Å². The predicted molar refractivity (Wildman–Crippen MR) is 53.0 cm³/mol. The minimum atomic E-state index is 0.420. The van der Waals surface area contributed by atoms with Crippen molar-refractivity contribution < 1.29 is 0 Å². The summed E-state index contributed by atoms with van der Waals surface area (Å²) in [6.07, 6.45) is 2.50.